The van der Waals surface area contributed by atoms with Crippen LogP contribution in [0.3, 0.4) is 0 Å². The zero-order valence-corrected chi connectivity index (χ0v) is 9.56. The van der Waals surface area contributed by atoms with Gasteiger partial charge in [0.1, 0.15) is 5.60 Å². The molecule has 2 aliphatic rings. The van der Waals surface area contributed by atoms with Crippen LogP contribution in [0.1, 0.15) is 33.6 Å². The van der Waals surface area contributed by atoms with Crippen molar-refractivity contribution >= 4 is 6.09 Å². The lowest BCUT2D eigenvalue weighted by Gasteiger charge is -2.29. The van der Waals surface area contributed by atoms with Gasteiger partial charge in [-0.25, -0.2) is 4.79 Å². The predicted molar refractivity (Wildman–Crippen MR) is 55.5 cm³/mol. The number of hydrogen-bond donors (Lipinski definition) is 1. The minimum atomic E-state index is -0.454. The van der Waals surface area contributed by atoms with Gasteiger partial charge in [0.2, 0.25) is 0 Å². The topological polar surface area (TPSA) is 49.8 Å². The van der Waals surface area contributed by atoms with E-state index in [1.807, 2.05) is 20.8 Å². The summed E-state index contributed by atoms with van der Waals surface area (Å²) in [5.41, 5.74) is -0.454. The van der Waals surface area contributed by atoms with Crippen LogP contribution >= 0.6 is 0 Å². The number of rotatable bonds is 0. The van der Waals surface area contributed by atoms with E-state index >= 15 is 0 Å². The maximum absolute atomic E-state index is 11.8. The van der Waals surface area contributed by atoms with Gasteiger partial charge < -0.3 is 14.7 Å². The van der Waals surface area contributed by atoms with Crippen molar-refractivity contribution in [3.8, 4) is 0 Å². The van der Waals surface area contributed by atoms with Crippen molar-refractivity contribution in [1.29, 1.82) is 0 Å². The fraction of sp³-hybridized carbons (Fsp3) is 0.909. The first-order chi connectivity index (χ1) is 6.88. The van der Waals surface area contributed by atoms with Gasteiger partial charge in [0.15, 0.2) is 0 Å². The highest BCUT2D eigenvalue weighted by Gasteiger charge is 2.48. The number of carbonyl (C=O) groups is 1. The first kappa shape index (κ1) is 10.7. The molecule has 0 aromatic rings. The molecule has 0 radical (unpaired) electrons. The molecule has 1 aliphatic heterocycles. The van der Waals surface area contributed by atoms with Crippen molar-refractivity contribution in [2.24, 2.45) is 5.92 Å². The van der Waals surface area contributed by atoms with Crippen LogP contribution in [0, 0.1) is 5.92 Å². The molecular weight excluding hydrogens is 194 g/mol. The Morgan fingerprint density at radius 3 is 2.47 bits per heavy atom. The lowest BCUT2D eigenvalue weighted by Crippen LogP contribution is -2.42. The molecule has 15 heavy (non-hydrogen) atoms. The van der Waals surface area contributed by atoms with Crippen LogP contribution in [-0.4, -0.2) is 40.4 Å². The summed E-state index contributed by atoms with van der Waals surface area (Å²) in [6.45, 7) is 6.22. The molecule has 1 saturated heterocycles. The van der Waals surface area contributed by atoms with Crippen LogP contribution in [0.15, 0.2) is 0 Å². The third-order valence-corrected chi connectivity index (χ3v) is 3.17. The Morgan fingerprint density at radius 2 is 2.07 bits per heavy atom. The van der Waals surface area contributed by atoms with Gasteiger partial charge in [-0.05, 0) is 33.6 Å². The van der Waals surface area contributed by atoms with Crippen molar-refractivity contribution in [3.63, 3.8) is 0 Å². The third-order valence-electron chi connectivity index (χ3n) is 3.17. The average Bonchev–Trinajstić information content (AvgIpc) is 2.59. The quantitative estimate of drug-likeness (QED) is 0.661. The highest BCUT2D eigenvalue weighted by Crippen LogP contribution is 2.38. The van der Waals surface area contributed by atoms with E-state index in [1.165, 1.54) is 0 Å². The second kappa shape index (κ2) is 3.37. The van der Waals surface area contributed by atoms with Crippen LogP contribution in [0.25, 0.3) is 0 Å². The third kappa shape index (κ3) is 1.95. The number of fused-ring (bicyclic) bond motifs is 2. The lowest BCUT2D eigenvalue weighted by molar-refractivity contribution is 0.0151. The molecule has 2 bridgehead atoms. The van der Waals surface area contributed by atoms with Gasteiger partial charge in [-0.2, -0.15) is 0 Å². The summed E-state index contributed by atoms with van der Waals surface area (Å²) in [5.74, 6) is 0.266. The molecule has 0 spiro atoms. The number of aliphatic hydroxyl groups excluding tert-OH is 1. The van der Waals surface area contributed by atoms with E-state index < -0.39 is 5.60 Å². The minimum Gasteiger partial charge on any atom is -0.444 e. The minimum absolute atomic E-state index is 0.00940. The van der Waals surface area contributed by atoms with Gasteiger partial charge in [0.25, 0.3) is 0 Å². The first-order valence-corrected chi connectivity index (χ1v) is 5.56. The second-order valence-electron chi connectivity index (χ2n) is 5.53. The van der Waals surface area contributed by atoms with Crippen LogP contribution in [0.4, 0.5) is 4.79 Å². The van der Waals surface area contributed by atoms with Gasteiger partial charge in [0.05, 0.1) is 12.1 Å². The smallest absolute Gasteiger partial charge is 0.410 e. The standard InChI is InChI=1S/C11H19NO3/c1-11(2,3)15-10(14)12-6-7-4-5-8(12)9(7)13/h7-9,13H,4-6H2,1-3H3. The summed E-state index contributed by atoms with van der Waals surface area (Å²) < 4.78 is 5.30. The summed E-state index contributed by atoms with van der Waals surface area (Å²) in [6.07, 6.45) is 1.32. The SMILES string of the molecule is CC(C)(C)OC(=O)N1CC2CCC1C2O. The molecule has 1 saturated carbocycles. The molecule has 86 valence electrons. The van der Waals surface area contributed by atoms with E-state index in [2.05, 4.69) is 0 Å². The molecule has 4 nitrogen and oxygen atoms in total. The zero-order chi connectivity index (χ0) is 11.2. The number of nitrogens with zero attached hydrogens (tertiary/aromatic N) is 1. The normalized spacial score (nSPS) is 34.7. The van der Waals surface area contributed by atoms with Crippen molar-refractivity contribution in [1.82, 2.24) is 4.90 Å². The number of carbonyl (C=O) groups excluding carboxylic acids is 1. The summed E-state index contributed by atoms with van der Waals surface area (Å²) in [6, 6.07) is -0.00940. The van der Waals surface area contributed by atoms with Gasteiger partial charge in [-0.1, -0.05) is 0 Å². The summed E-state index contributed by atoms with van der Waals surface area (Å²) in [4.78, 5) is 13.5. The van der Waals surface area contributed by atoms with Crippen LogP contribution in [-0.2, 0) is 4.74 Å². The molecule has 0 aromatic carbocycles. The molecule has 1 N–H and O–H groups in total. The summed E-state index contributed by atoms with van der Waals surface area (Å²) in [7, 11) is 0. The molecule has 3 atom stereocenters. The number of amides is 1. The maximum atomic E-state index is 11.8. The molecule has 1 amide bonds. The first-order valence-electron chi connectivity index (χ1n) is 5.56. The van der Waals surface area contributed by atoms with Gasteiger partial charge in [-0.15, -0.1) is 0 Å². The number of ether oxygens (including phenoxy) is 1. The fourth-order valence-corrected chi connectivity index (χ4v) is 2.50. The Bertz CT molecular complexity index is 271. The predicted octanol–water partition coefficient (Wildman–Crippen LogP) is 1.38. The monoisotopic (exact) mass is 213 g/mol. The Hall–Kier alpha value is -0.770. The molecule has 0 aromatic heterocycles. The van der Waals surface area contributed by atoms with Gasteiger partial charge >= 0.3 is 6.09 Å². The van der Waals surface area contributed by atoms with Crippen LogP contribution < -0.4 is 0 Å². The number of aliphatic hydroxyl groups is 1. The molecule has 1 aliphatic carbocycles. The molecule has 1 heterocycles. The summed E-state index contributed by atoms with van der Waals surface area (Å²) >= 11 is 0. The lowest BCUT2D eigenvalue weighted by atomic mass is 10.1. The van der Waals surface area contributed by atoms with E-state index in [9.17, 15) is 9.90 Å². The average molecular weight is 213 g/mol. The van der Waals surface area contributed by atoms with E-state index in [-0.39, 0.29) is 24.2 Å². The Labute approximate surface area is 90.2 Å². The number of likely N-dealkylation sites (tertiary alicyclic amines) is 1. The molecule has 2 fully saturated rings. The zero-order valence-electron chi connectivity index (χ0n) is 9.56. The Balaban J connectivity index is 1.99. The Kier molecular flexibility index (Phi) is 2.41. The molecule has 4 heteroatoms. The van der Waals surface area contributed by atoms with Crippen molar-refractivity contribution < 1.29 is 14.6 Å². The van der Waals surface area contributed by atoms with E-state index in [4.69, 9.17) is 4.74 Å². The highest BCUT2D eigenvalue weighted by molar-refractivity contribution is 5.69. The highest BCUT2D eigenvalue weighted by atomic mass is 16.6. The largest absolute Gasteiger partial charge is 0.444 e. The molecule has 3 unspecified atom stereocenters. The summed E-state index contributed by atoms with van der Waals surface area (Å²) in [5, 5.41) is 9.80. The fourth-order valence-electron chi connectivity index (χ4n) is 2.50. The molecule has 2 rings (SSSR count). The Morgan fingerprint density at radius 1 is 1.40 bits per heavy atom. The van der Waals surface area contributed by atoms with Crippen LogP contribution in [0.2, 0.25) is 0 Å². The number of piperidine rings is 1. The van der Waals surface area contributed by atoms with E-state index in [0.29, 0.717) is 6.54 Å². The van der Waals surface area contributed by atoms with E-state index in [1.54, 1.807) is 4.90 Å². The second-order valence-corrected chi connectivity index (χ2v) is 5.53. The number of hydrogen-bond acceptors (Lipinski definition) is 3. The van der Waals surface area contributed by atoms with Crippen molar-refractivity contribution in [2.75, 3.05) is 6.54 Å². The van der Waals surface area contributed by atoms with Crippen LogP contribution in [0.5, 0.6) is 0 Å². The van der Waals surface area contributed by atoms with Gasteiger partial charge in [-0.3, -0.25) is 0 Å². The van der Waals surface area contributed by atoms with E-state index in [0.717, 1.165) is 12.8 Å². The van der Waals surface area contributed by atoms with Gasteiger partial charge in [0, 0.05) is 12.5 Å². The van der Waals surface area contributed by atoms with Crippen molar-refractivity contribution in [2.45, 2.75) is 51.4 Å². The van der Waals surface area contributed by atoms with Crippen molar-refractivity contribution in [3.05, 3.63) is 0 Å². The maximum Gasteiger partial charge on any atom is 0.410 e. The molecular formula is C11H19NO3.